The van der Waals surface area contributed by atoms with E-state index in [0.29, 0.717) is 17.9 Å². The van der Waals surface area contributed by atoms with Gasteiger partial charge in [-0.2, -0.15) is 0 Å². The molecule has 3 heterocycles. The molecule has 2 fully saturated rings. The summed E-state index contributed by atoms with van der Waals surface area (Å²) in [6.07, 6.45) is 2.95. The summed E-state index contributed by atoms with van der Waals surface area (Å²) in [6, 6.07) is 3.31. The van der Waals surface area contributed by atoms with Crippen molar-refractivity contribution in [3.8, 4) is 0 Å². The van der Waals surface area contributed by atoms with Crippen molar-refractivity contribution in [3.05, 3.63) is 17.9 Å². The van der Waals surface area contributed by atoms with Gasteiger partial charge in [-0.15, -0.1) is 0 Å². The van der Waals surface area contributed by atoms with Gasteiger partial charge in [0.2, 0.25) is 0 Å². The van der Waals surface area contributed by atoms with Crippen LogP contribution in [0.15, 0.2) is 12.1 Å². The second-order valence-corrected chi connectivity index (χ2v) is 6.39. The Hall–Kier alpha value is -1.40. The molecule has 2 aliphatic rings. The molecule has 2 aromatic rings. The molecule has 1 aromatic carbocycles. The summed E-state index contributed by atoms with van der Waals surface area (Å²) < 4.78 is 20.6. The van der Waals surface area contributed by atoms with Crippen molar-refractivity contribution in [2.75, 3.05) is 30.4 Å². The molecule has 2 bridgehead atoms. The molecule has 2 saturated heterocycles. The van der Waals surface area contributed by atoms with Gasteiger partial charge in [-0.25, -0.2) is 9.37 Å². The Balaban J connectivity index is 0.000000693. The predicted molar refractivity (Wildman–Crippen MR) is 90.6 cm³/mol. The van der Waals surface area contributed by atoms with Crippen molar-refractivity contribution in [2.24, 2.45) is 0 Å². The molecule has 0 amide bonds. The molecule has 2 atom stereocenters. The molecule has 4 nitrogen and oxygen atoms in total. The van der Waals surface area contributed by atoms with Crippen molar-refractivity contribution < 1.29 is 9.13 Å². The topological polar surface area (TPSA) is 37.4 Å². The first-order valence-corrected chi connectivity index (χ1v) is 8.73. The van der Waals surface area contributed by atoms with Gasteiger partial charge in [-0.3, -0.25) is 0 Å². The number of ether oxygens (including phenoxy) is 1. The molecule has 6 heteroatoms. The number of hydrogen-bond donors (Lipinski definition) is 1. The fourth-order valence-electron chi connectivity index (χ4n) is 3.10. The number of halogens is 1. The standard InChI is InChI=1S/C14H16FN3OS.C2H6/c1-16-12-10(15)4-5-11-13(12)17-14(20-11)18-6-8-2-3-9(7-18)19-8;1-2/h4-5,8-9,16H,2-3,6-7H2,1H3;1-2H3. The minimum absolute atomic E-state index is 0.251. The molecule has 0 saturated carbocycles. The van der Waals surface area contributed by atoms with E-state index in [2.05, 4.69) is 15.2 Å². The fraction of sp³-hybridized carbons (Fsp3) is 0.562. The quantitative estimate of drug-likeness (QED) is 0.910. The van der Waals surface area contributed by atoms with Crippen molar-refractivity contribution in [3.63, 3.8) is 0 Å². The number of rotatable bonds is 2. The van der Waals surface area contributed by atoms with Crippen LogP contribution in [-0.2, 0) is 4.74 Å². The number of nitrogens with zero attached hydrogens (tertiary/aromatic N) is 2. The lowest BCUT2D eigenvalue weighted by Crippen LogP contribution is -2.42. The van der Waals surface area contributed by atoms with Crippen LogP contribution in [0.3, 0.4) is 0 Å². The molecule has 2 unspecified atom stereocenters. The maximum atomic E-state index is 13.8. The largest absolute Gasteiger partial charge is 0.384 e. The van der Waals surface area contributed by atoms with Crippen LogP contribution < -0.4 is 10.2 Å². The number of thiazole rings is 1. The van der Waals surface area contributed by atoms with Crippen LogP contribution in [-0.4, -0.2) is 37.3 Å². The van der Waals surface area contributed by atoms with E-state index < -0.39 is 0 Å². The van der Waals surface area contributed by atoms with E-state index in [-0.39, 0.29) is 5.82 Å². The highest BCUT2D eigenvalue weighted by molar-refractivity contribution is 7.22. The molecule has 0 aliphatic carbocycles. The van der Waals surface area contributed by atoms with Crippen LogP contribution in [0.4, 0.5) is 15.2 Å². The molecular formula is C16H22FN3OS. The van der Waals surface area contributed by atoms with Gasteiger partial charge in [0.25, 0.3) is 0 Å². The summed E-state index contributed by atoms with van der Waals surface area (Å²) in [5.74, 6) is -0.251. The fourth-order valence-corrected chi connectivity index (χ4v) is 4.09. The average Bonchev–Trinajstić information content (AvgIpc) is 3.12. The third-order valence-corrected chi connectivity index (χ3v) is 5.14. The Morgan fingerprint density at radius 1 is 1.27 bits per heavy atom. The molecule has 0 spiro atoms. The van der Waals surface area contributed by atoms with Crippen molar-refractivity contribution in [1.29, 1.82) is 0 Å². The normalized spacial score (nSPS) is 23.4. The number of aromatic nitrogens is 1. The molecule has 120 valence electrons. The minimum Gasteiger partial charge on any atom is -0.384 e. The van der Waals surface area contributed by atoms with Crippen molar-refractivity contribution >= 4 is 32.4 Å². The number of anilines is 2. The van der Waals surface area contributed by atoms with Crippen molar-refractivity contribution in [2.45, 2.75) is 38.9 Å². The lowest BCUT2D eigenvalue weighted by Gasteiger charge is -2.31. The van der Waals surface area contributed by atoms with Crippen molar-refractivity contribution in [1.82, 2.24) is 4.98 Å². The minimum atomic E-state index is -0.251. The number of nitrogens with one attached hydrogen (secondary N) is 1. The molecule has 2 aliphatic heterocycles. The lowest BCUT2D eigenvalue weighted by atomic mass is 10.2. The van der Waals surface area contributed by atoms with Gasteiger partial charge < -0.3 is 15.0 Å². The summed E-state index contributed by atoms with van der Waals surface area (Å²) in [5.41, 5.74) is 1.22. The van der Waals surface area contributed by atoms with E-state index in [4.69, 9.17) is 4.74 Å². The Kier molecular flexibility index (Phi) is 4.49. The Labute approximate surface area is 134 Å². The first-order valence-electron chi connectivity index (χ1n) is 7.92. The maximum Gasteiger partial charge on any atom is 0.186 e. The van der Waals surface area contributed by atoms with E-state index in [1.165, 1.54) is 6.07 Å². The van der Waals surface area contributed by atoms with Gasteiger partial charge in [0, 0.05) is 20.1 Å². The highest BCUT2D eigenvalue weighted by atomic mass is 32.1. The lowest BCUT2D eigenvalue weighted by molar-refractivity contribution is 0.0305. The highest BCUT2D eigenvalue weighted by Crippen LogP contribution is 2.37. The zero-order valence-electron chi connectivity index (χ0n) is 13.2. The van der Waals surface area contributed by atoms with Crippen LogP contribution in [0.1, 0.15) is 26.7 Å². The van der Waals surface area contributed by atoms with Gasteiger partial charge >= 0.3 is 0 Å². The zero-order chi connectivity index (χ0) is 15.7. The van der Waals surface area contributed by atoms with Crippen LogP contribution in [0.2, 0.25) is 0 Å². The number of morpholine rings is 1. The van der Waals surface area contributed by atoms with Crippen LogP contribution in [0, 0.1) is 5.82 Å². The van der Waals surface area contributed by atoms with Crippen LogP contribution in [0.25, 0.3) is 10.2 Å². The molecule has 0 radical (unpaired) electrons. The van der Waals surface area contributed by atoms with Gasteiger partial charge in [0.1, 0.15) is 11.3 Å². The van der Waals surface area contributed by atoms with Gasteiger partial charge in [-0.05, 0) is 25.0 Å². The summed E-state index contributed by atoms with van der Waals surface area (Å²) in [6.45, 7) is 5.79. The Morgan fingerprint density at radius 2 is 1.95 bits per heavy atom. The molecule has 1 aromatic heterocycles. The maximum absolute atomic E-state index is 13.8. The zero-order valence-corrected chi connectivity index (χ0v) is 14.0. The first kappa shape index (κ1) is 15.5. The third kappa shape index (κ3) is 2.65. The highest BCUT2D eigenvalue weighted by Gasteiger charge is 2.34. The summed E-state index contributed by atoms with van der Waals surface area (Å²) >= 11 is 1.63. The SMILES string of the molecule is CC.CNc1c(F)ccc2sc(N3CC4CCC(C3)O4)nc12. The number of fused-ring (bicyclic) bond motifs is 3. The second kappa shape index (κ2) is 6.38. The molecule has 4 rings (SSSR count). The summed E-state index contributed by atoms with van der Waals surface area (Å²) in [7, 11) is 1.73. The van der Waals surface area contributed by atoms with E-state index in [0.717, 1.165) is 41.3 Å². The van der Waals surface area contributed by atoms with E-state index in [1.54, 1.807) is 18.4 Å². The smallest absolute Gasteiger partial charge is 0.186 e. The molecule has 1 N–H and O–H groups in total. The monoisotopic (exact) mass is 323 g/mol. The number of hydrogen-bond acceptors (Lipinski definition) is 5. The van der Waals surface area contributed by atoms with E-state index in [1.807, 2.05) is 19.9 Å². The van der Waals surface area contributed by atoms with Gasteiger partial charge in [-0.1, -0.05) is 25.2 Å². The Bertz CT molecular complexity index is 648. The summed E-state index contributed by atoms with van der Waals surface area (Å²) in [4.78, 5) is 6.94. The summed E-state index contributed by atoms with van der Waals surface area (Å²) in [5, 5.41) is 3.88. The number of benzene rings is 1. The van der Waals surface area contributed by atoms with Gasteiger partial charge in [0.05, 0.1) is 22.6 Å². The predicted octanol–water partition coefficient (Wildman–Crippen LogP) is 3.87. The molecule has 22 heavy (non-hydrogen) atoms. The van der Waals surface area contributed by atoms with Gasteiger partial charge in [0.15, 0.2) is 5.13 Å². The first-order chi connectivity index (χ1) is 10.7. The van der Waals surface area contributed by atoms with E-state index in [9.17, 15) is 4.39 Å². The second-order valence-electron chi connectivity index (χ2n) is 5.38. The Morgan fingerprint density at radius 3 is 2.59 bits per heavy atom. The van der Waals surface area contributed by atoms with Crippen LogP contribution >= 0.6 is 11.3 Å². The third-order valence-electron chi connectivity index (χ3n) is 4.06. The van der Waals surface area contributed by atoms with E-state index >= 15 is 0 Å². The average molecular weight is 323 g/mol. The van der Waals surface area contributed by atoms with Crippen LogP contribution in [0.5, 0.6) is 0 Å². The molecular weight excluding hydrogens is 301 g/mol.